The van der Waals surface area contributed by atoms with Crippen LogP contribution < -0.4 is 15.0 Å². The molecule has 0 aromatic heterocycles. The average molecular weight is 409 g/mol. The van der Waals surface area contributed by atoms with Gasteiger partial charge in [-0.15, -0.1) is 24.2 Å². The molecular weight excluding hydrogens is 384 g/mol. The first-order chi connectivity index (χ1) is 12.5. The predicted octanol–water partition coefficient (Wildman–Crippen LogP) is 3.19. The van der Waals surface area contributed by atoms with Crippen molar-refractivity contribution < 1.29 is 14.6 Å². The van der Waals surface area contributed by atoms with Crippen molar-refractivity contribution in [2.75, 3.05) is 32.1 Å². The smallest absolute Gasteiger partial charge is 0.257 e. The standard InChI is InChI=1S/C20H24N2O3S.ClH/c1-13-4-9-16-17(12-13)26-19(14-5-7-15(25-3)8-6-14)18(23)20(24)22(16)11-10-21-2;/h4-9,12,18-19,21,23H,10-11H2,1-3H3;1H. The van der Waals surface area contributed by atoms with Crippen LogP contribution in [0.15, 0.2) is 47.4 Å². The summed E-state index contributed by atoms with van der Waals surface area (Å²) in [5.41, 5.74) is 2.89. The Kier molecular flexibility index (Phi) is 7.56. The number of benzene rings is 2. The molecule has 3 rings (SSSR count). The lowest BCUT2D eigenvalue weighted by atomic mass is 10.1. The van der Waals surface area contributed by atoms with Crippen LogP contribution in [0.3, 0.4) is 0 Å². The van der Waals surface area contributed by atoms with Crippen molar-refractivity contribution in [2.45, 2.75) is 23.2 Å². The molecule has 0 fully saturated rings. The maximum atomic E-state index is 13.0. The topological polar surface area (TPSA) is 61.8 Å². The minimum Gasteiger partial charge on any atom is -0.497 e. The molecule has 0 radical (unpaired) electrons. The molecule has 0 saturated carbocycles. The molecule has 0 bridgehead atoms. The van der Waals surface area contributed by atoms with Crippen LogP contribution in [0.1, 0.15) is 16.4 Å². The van der Waals surface area contributed by atoms with Crippen molar-refractivity contribution in [1.29, 1.82) is 0 Å². The van der Waals surface area contributed by atoms with Gasteiger partial charge in [-0.2, -0.15) is 0 Å². The fraction of sp³-hybridized carbons (Fsp3) is 0.350. The lowest BCUT2D eigenvalue weighted by Gasteiger charge is -2.25. The number of amides is 1. The molecule has 2 aromatic rings. The largest absolute Gasteiger partial charge is 0.497 e. The molecule has 1 amide bonds. The number of aliphatic hydroxyl groups excluding tert-OH is 1. The number of fused-ring (bicyclic) bond motifs is 1. The van der Waals surface area contributed by atoms with Gasteiger partial charge >= 0.3 is 0 Å². The highest BCUT2D eigenvalue weighted by Gasteiger charge is 2.37. The van der Waals surface area contributed by atoms with Crippen molar-refractivity contribution >= 4 is 35.8 Å². The molecule has 1 heterocycles. The van der Waals surface area contributed by atoms with Gasteiger partial charge in [0.25, 0.3) is 5.91 Å². The zero-order valence-electron chi connectivity index (χ0n) is 15.6. The predicted molar refractivity (Wildman–Crippen MR) is 112 cm³/mol. The molecule has 1 aliphatic rings. The lowest BCUT2D eigenvalue weighted by Crippen LogP contribution is -2.43. The molecular formula is C20H25ClN2O3S. The van der Waals surface area contributed by atoms with Crippen LogP contribution in [0.4, 0.5) is 5.69 Å². The van der Waals surface area contributed by atoms with E-state index in [9.17, 15) is 9.90 Å². The molecule has 0 spiro atoms. The van der Waals surface area contributed by atoms with Crippen LogP contribution in [0.2, 0.25) is 0 Å². The Labute approximate surface area is 170 Å². The Morgan fingerprint density at radius 1 is 1.22 bits per heavy atom. The number of likely N-dealkylation sites (N-methyl/N-ethyl adjacent to an activating group) is 1. The number of hydrogen-bond donors (Lipinski definition) is 2. The van der Waals surface area contributed by atoms with Crippen LogP contribution in [0.5, 0.6) is 5.75 Å². The number of halogens is 1. The summed E-state index contributed by atoms with van der Waals surface area (Å²) in [6.45, 7) is 3.20. The number of rotatable bonds is 5. The molecule has 2 N–H and O–H groups in total. The van der Waals surface area contributed by atoms with Gasteiger partial charge in [-0.1, -0.05) is 18.2 Å². The Morgan fingerprint density at radius 2 is 1.93 bits per heavy atom. The second-order valence-electron chi connectivity index (χ2n) is 6.32. The molecule has 146 valence electrons. The first-order valence-corrected chi connectivity index (χ1v) is 9.48. The third-order valence-corrected chi connectivity index (χ3v) is 5.86. The van der Waals surface area contributed by atoms with E-state index in [1.807, 2.05) is 50.4 Å². The van der Waals surface area contributed by atoms with Crippen molar-refractivity contribution in [2.24, 2.45) is 0 Å². The first kappa shape index (κ1) is 21.6. The number of aliphatic hydroxyl groups is 1. The number of methoxy groups -OCH3 is 1. The van der Waals surface area contributed by atoms with Crippen LogP contribution in [-0.2, 0) is 4.79 Å². The van der Waals surface area contributed by atoms with E-state index in [0.29, 0.717) is 13.1 Å². The fourth-order valence-electron chi connectivity index (χ4n) is 3.05. The summed E-state index contributed by atoms with van der Waals surface area (Å²) in [5.74, 6) is 0.483. The van der Waals surface area contributed by atoms with Gasteiger partial charge in [0.15, 0.2) is 0 Å². The van der Waals surface area contributed by atoms with Gasteiger partial charge in [0, 0.05) is 18.0 Å². The van der Waals surface area contributed by atoms with E-state index in [1.165, 1.54) is 11.8 Å². The normalized spacial score (nSPS) is 19.1. The molecule has 1 aliphatic heterocycles. The van der Waals surface area contributed by atoms with E-state index >= 15 is 0 Å². The number of carbonyl (C=O) groups is 1. The van der Waals surface area contributed by atoms with Crippen molar-refractivity contribution in [3.63, 3.8) is 0 Å². The molecule has 27 heavy (non-hydrogen) atoms. The maximum absolute atomic E-state index is 13.0. The van der Waals surface area contributed by atoms with Crippen LogP contribution in [0.25, 0.3) is 0 Å². The third kappa shape index (κ3) is 4.58. The summed E-state index contributed by atoms with van der Waals surface area (Å²) in [4.78, 5) is 15.7. The van der Waals surface area contributed by atoms with E-state index in [4.69, 9.17) is 4.74 Å². The fourth-order valence-corrected chi connectivity index (χ4v) is 4.41. The van der Waals surface area contributed by atoms with E-state index in [1.54, 1.807) is 12.0 Å². The summed E-state index contributed by atoms with van der Waals surface area (Å²) >= 11 is 1.53. The summed E-state index contributed by atoms with van der Waals surface area (Å²) < 4.78 is 5.21. The van der Waals surface area contributed by atoms with Crippen molar-refractivity contribution in [3.05, 3.63) is 53.6 Å². The minimum absolute atomic E-state index is 0. The molecule has 0 aliphatic carbocycles. The molecule has 7 heteroatoms. The Hall–Kier alpha value is -1.73. The first-order valence-electron chi connectivity index (χ1n) is 8.60. The second kappa shape index (κ2) is 9.46. The van der Waals surface area contributed by atoms with Gasteiger partial charge in [0.2, 0.25) is 0 Å². The summed E-state index contributed by atoms with van der Waals surface area (Å²) in [6, 6.07) is 13.6. The SMILES string of the molecule is CNCCN1C(=O)C(O)C(c2ccc(OC)cc2)Sc2cc(C)ccc21.Cl. The molecule has 2 atom stereocenters. The Balaban J connectivity index is 0.00000261. The lowest BCUT2D eigenvalue weighted by molar-refractivity contribution is -0.126. The van der Waals surface area contributed by atoms with E-state index in [2.05, 4.69) is 11.4 Å². The highest BCUT2D eigenvalue weighted by molar-refractivity contribution is 7.99. The van der Waals surface area contributed by atoms with Gasteiger partial charge in [0.1, 0.15) is 11.9 Å². The van der Waals surface area contributed by atoms with Crippen molar-refractivity contribution in [1.82, 2.24) is 5.32 Å². The van der Waals surface area contributed by atoms with E-state index in [0.717, 1.165) is 27.5 Å². The Bertz CT molecular complexity index is 785. The second-order valence-corrected chi connectivity index (χ2v) is 7.50. The number of aryl methyl sites for hydroxylation is 1. The zero-order chi connectivity index (χ0) is 18.7. The van der Waals surface area contributed by atoms with E-state index < -0.39 is 6.10 Å². The quantitative estimate of drug-likeness (QED) is 0.795. The zero-order valence-corrected chi connectivity index (χ0v) is 17.3. The number of carbonyl (C=O) groups excluding carboxylic acids is 1. The molecule has 0 saturated heterocycles. The summed E-state index contributed by atoms with van der Waals surface area (Å²) in [5, 5.41) is 13.6. The van der Waals surface area contributed by atoms with Crippen LogP contribution >= 0.6 is 24.2 Å². The number of nitrogens with one attached hydrogen (secondary N) is 1. The van der Waals surface area contributed by atoms with Gasteiger partial charge < -0.3 is 20.1 Å². The maximum Gasteiger partial charge on any atom is 0.257 e. The molecule has 2 aromatic carbocycles. The Morgan fingerprint density at radius 3 is 2.56 bits per heavy atom. The minimum atomic E-state index is -1.11. The number of anilines is 1. The number of hydrogen-bond acceptors (Lipinski definition) is 5. The van der Waals surface area contributed by atoms with Gasteiger partial charge in [-0.05, 0) is 49.4 Å². The van der Waals surface area contributed by atoms with Gasteiger partial charge in [-0.3, -0.25) is 4.79 Å². The van der Waals surface area contributed by atoms with E-state index in [-0.39, 0.29) is 23.6 Å². The van der Waals surface area contributed by atoms with Crippen molar-refractivity contribution in [3.8, 4) is 5.75 Å². The summed E-state index contributed by atoms with van der Waals surface area (Å²) in [7, 11) is 3.47. The van der Waals surface area contributed by atoms with Crippen LogP contribution in [0, 0.1) is 6.92 Å². The number of nitrogens with zero attached hydrogens (tertiary/aromatic N) is 1. The summed E-state index contributed by atoms with van der Waals surface area (Å²) in [6.07, 6.45) is -1.11. The average Bonchev–Trinajstić information content (AvgIpc) is 2.76. The van der Waals surface area contributed by atoms with Gasteiger partial charge in [0.05, 0.1) is 18.0 Å². The molecule has 2 unspecified atom stereocenters. The highest BCUT2D eigenvalue weighted by atomic mass is 35.5. The monoisotopic (exact) mass is 408 g/mol. The molecule has 5 nitrogen and oxygen atoms in total. The third-order valence-electron chi connectivity index (χ3n) is 4.50. The number of ether oxygens (including phenoxy) is 1. The highest BCUT2D eigenvalue weighted by Crippen LogP contribution is 2.46. The van der Waals surface area contributed by atoms with Crippen LogP contribution in [-0.4, -0.2) is 44.4 Å². The number of thioether (sulfide) groups is 1. The van der Waals surface area contributed by atoms with Gasteiger partial charge in [-0.25, -0.2) is 0 Å².